The third-order valence-corrected chi connectivity index (χ3v) is 5.54. The molecule has 1 aliphatic rings. The summed E-state index contributed by atoms with van der Waals surface area (Å²) >= 11 is 6.27. The van der Waals surface area contributed by atoms with Crippen molar-refractivity contribution in [2.24, 2.45) is 5.73 Å². The first-order valence-electron chi connectivity index (χ1n) is 6.55. The molecular formula is C13H18ClN3O3S. The van der Waals surface area contributed by atoms with E-state index in [9.17, 15) is 8.42 Å². The Morgan fingerprint density at radius 2 is 2.24 bits per heavy atom. The zero-order valence-electron chi connectivity index (χ0n) is 11.7. The fraction of sp³-hybridized carbons (Fsp3) is 0.462. The van der Waals surface area contributed by atoms with Crippen LogP contribution in [0.15, 0.2) is 23.1 Å². The third-order valence-electron chi connectivity index (χ3n) is 3.68. The predicted molar refractivity (Wildman–Crippen MR) is 81.1 cm³/mol. The Kier molecular flexibility index (Phi) is 4.75. The second-order valence-electron chi connectivity index (χ2n) is 4.95. The largest absolute Gasteiger partial charge is 0.370 e. The van der Waals surface area contributed by atoms with Gasteiger partial charge in [-0.3, -0.25) is 9.59 Å². The molecule has 2 rings (SSSR count). The lowest BCUT2D eigenvalue weighted by molar-refractivity contribution is 0.304. The van der Waals surface area contributed by atoms with Gasteiger partial charge in [-0.25, -0.2) is 0 Å². The van der Waals surface area contributed by atoms with Gasteiger partial charge < -0.3 is 10.6 Å². The number of nitrogens with zero attached hydrogens (tertiary/aromatic N) is 1. The van der Waals surface area contributed by atoms with Gasteiger partial charge in [-0.1, -0.05) is 23.7 Å². The molecule has 8 heteroatoms. The van der Waals surface area contributed by atoms with Crippen LogP contribution in [-0.4, -0.2) is 39.5 Å². The maximum Gasteiger partial charge on any atom is 0.298 e. The molecule has 0 spiro atoms. The molecule has 0 aromatic heterocycles. The number of benzene rings is 1. The Morgan fingerprint density at radius 1 is 1.52 bits per heavy atom. The van der Waals surface area contributed by atoms with E-state index in [2.05, 4.69) is 4.18 Å². The van der Waals surface area contributed by atoms with Crippen LogP contribution in [0.1, 0.15) is 24.3 Å². The quantitative estimate of drug-likeness (QED) is 0.499. The van der Waals surface area contributed by atoms with Crippen LogP contribution in [0, 0.1) is 5.41 Å². The SMILES string of the molecule is COS(=O)(=O)c1cccc(C2CCCN(C(=N)N)C2)c1Cl. The van der Waals surface area contributed by atoms with Crippen LogP contribution in [0.5, 0.6) is 0 Å². The van der Waals surface area contributed by atoms with Gasteiger partial charge in [0.2, 0.25) is 0 Å². The topological polar surface area (TPSA) is 96.5 Å². The molecule has 1 unspecified atom stereocenters. The molecule has 3 N–H and O–H groups in total. The highest BCUT2D eigenvalue weighted by Crippen LogP contribution is 2.35. The maximum atomic E-state index is 11.9. The normalized spacial score (nSPS) is 19.5. The number of nitrogens with two attached hydrogens (primary N) is 1. The highest BCUT2D eigenvalue weighted by molar-refractivity contribution is 7.86. The summed E-state index contributed by atoms with van der Waals surface area (Å²) in [5.74, 6) is 0.0682. The summed E-state index contributed by atoms with van der Waals surface area (Å²) in [6.45, 7) is 1.30. The molecule has 21 heavy (non-hydrogen) atoms. The molecule has 1 heterocycles. The van der Waals surface area contributed by atoms with Crippen LogP contribution in [0.25, 0.3) is 0 Å². The molecule has 6 nitrogen and oxygen atoms in total. The summed E-state index contributed by atoms with van der Waals surface area (Å²) in [5.41, 5.74) is 6.28. The number of likely N-dealkylation sites (tertiary alicyclic amines) is 1. The van der Waals surface area contributed by atoms with Gasteiger partial charge in [0.05, 0.1) is 12.1 Å². The molecule has 0 aliphatic carbocycles. The van der Waals surface area contributed by atoms with E-state index in [1.54, 1.807) is 11.0 Å². The van der Waals surface area contributed by atoms with Gasteiger partial charge in [-0.15, -0.1) is 0 Å². The molecule has 0 amide bonds. The summed E-state index contributed by atoms with van der Waals surface area (Å²) in [6.07, 6.45) is 1.75. The van der Waals surface area contributed by atoms with Gasteiger partial charge in [-0.2, -0.15) is 8.42 Å². The number of hydrogen-bond donors (Lipinski definition) is 2. The smallest absolute Gasteiger partial charge is 0.298 e. The van der Waals surface area contributed by atoms with Crippen molar-refractivity contribution < 1.29 is 12.6 Å². The molecule has 0 bridgehead atoms. The highest BCUT2D eigenvalue weighted by Gasteiger charge is 2.27. The lowest BCUT2D eigenvalue weighted by atomic mass is 9.90. The van der Waals surface area contributed by atoms with Crippen LogP contribution in [0.2, 0.25) is 5.02 Å². The van der Waals surface area contributed by atoms with Crippen molar-refractivity contribution in [3.05, 3.63) is 28.8 Å². The van der Waals surface area contributed by atoms with Crippen LogP contribution in [0.4, 0.5) is 0 Å². The Labute approximate surface area is 129 Å². The lowest BCUT2D eigenvalue weighted by Crippen LogP contribution is -2.42. The summed E-state index contributed by atoms with van der Waals surface area (Å²) in [5, 5.41) is 7.71. The lowest BCUT2D eigenvalue weighted by Gasteiger charge is -2.33. The molecule has 1 aromatic carbocycles. The van der Waals surface area contributed by atoms with Crippen LogP contribution in [-0.2, 0) is 14.3 Å². The van der Waals surface area contributed by atoms with Gasteiger partial charge in [-0.05, 0) is 24.5 Å². The van der Waals surface area contributed by atoms with Gasteiger partial charge in [0.1, 0.15) is 4.90 Å². The molecule has 1 saturated heterocycles. The van der Waals surface area contributed by atoms with Gasteiger partial charge in [0, 0.05) is 19.0 Å². The second-order valence-corrected chi connectivity index (χ2v) is 7.01. The summed E-state index contributed by atoms with van der Waals surface area (Å²) in [6, 6.07) is 4.89. The van der Waals surface area contributed by atoms with E-state index >= 15 is 0 Å². The summed E-state index contributed by atoms with van der Waals surface area (Å²) < 4.78 is 28.2. The average Bonchev–Trinajstić information content (AvgIpc) is 2.47. The number of hydrogen-bond acceptors (Lipinski definition) is 4. The third kappa shape index (κ3) is 3.30. The van der Waals surface area contributed by atoms with E-state index < -0.39 is 10.1 Å². The van der Waals surface area contributed by atoms with Crippen LogP contribution in [0.3, 0.4) is 0 Å². The van der Waals surface area contributed by atoms with Crippen LogP contribution < -0.4 is 5.73 Å². The minimum Gasteiger partial charge on any atom is -0.370 e. The fourth-order valence-corrected chi connectivity index (χ4v) is 3.90. The first kappa shape index (κ1) is 16.1. The van der Waals surface area contributed by atoms with E-state index in [0.29, 0.717) is 6.54 Å². The number of nitrogens with one attached hydrogen (secondary N) is 1. The fourth-order valence-electron chi connectivity index (χ4n) is 2.58. The van der Waals surface area contributed by atoms with Crippen LogP contribution >= 0.6 is 11.6 Å². The van der Waals surface area contributed by atoms with E-state index in [1.165, 1.54) is 6.07 Å². The predicted octanol–water partition coefficient (Wildman–Crippen LogP) is 1.75. The zero-order valence-corrected chi connectivity index (χ0v) is 13.2. The van der Waals surface area contributed by atoms with Crippen molar-refractivity contribution >= 4 is 27.7 Å². The molecule has 1 atom stereocenters. The number of piperidine rings is 1. The zero-order chi connectivity index (χ0) is 15.6. The molecule has 0 saturated carbocycles. The van der Waals surface area contributed by atoms with E-state index in [1.807, 2.05) is 6.07 Å². The summed E-state index contributed by atoms with van der Waals surface area (Å²) in [7, 11) is -2.72. The molecule has 116 valence electrons. The molecule has 0 radical (unpaired) electrons. The molecular weight excluding hydrogens is 314 g/mol. The Balaban J connectivity index is 2.37. The Hall–Kier alpha value is -1.31. The minimum atomic E-state index is -3.83. The van der Waals surface area contributed by atoms with Crippen molar-refractivity contribution in [1.29, 1.82) is 5.41 Å². The second kappa shape index (κ2) is 6.21. The first-order chi connectivity index (χ1) is 9.86. The van der Waals surface area contributed by atoms with E-state index in [0.717, 1.165) is 32.1 Å². The van der Waals surface area contributed by atoms with Crippen molar-refractivity contribution in [3.63, 3.8) is 0 Å². The standard InChI is InChI=1S/C13H18ClN3O3S/c1-20-21(18,19)11-6-2-5-10(12(11)14)9-4-3-7-17(8-9)13(15)16/h2,5-6,9H,3-4,7-8H2,1H3,(H3,15,16). The summed E-state index contributed by atoms with van der Waals surface area (Å²) in [4.78, 5) is 1.74. The molecule has 1 aliphatic heterocycles. The Morgan fingerprint density at radius 3 is 2.86 bits per heavy atom. The molecule has 1 fully saturated rings. The number of guanidine groups is 1. The number of halogens is 1. The van der Waals surface area contributed by atoms with Gasteiger partial charge in [0.15, 0.2) is 5.96 Å². The number of rotatable bonds is 3. The van der Waals surface area contributed by atoms with Gasteiger partial charge >= 0.3 is 0 Å². The van der Waals surface area contributed by atoms with Crippen molar-refractivity contribution in [1.82, 2.24) is 4.90 Å². The highest BCUT2D eigenvalue weighted by atomic mass is 35.5. The molecule has 1 aromatic rings. The Bertz CT molecular complexity index is 648. The van der Waals surface area contributed by atoms with Crippen molar-refractivity contribution in [2.75, 3.05) is 20.2 Å². The average molecular weight is 332 g/mol. The minimum absolute atomic E-state index is 0.0240. The first-order valence-corrected chi connectivity index (χ1v) is 8.33. The van der Waals surface area contributed by atoms with Gasteiger partial charge in [0.25, 0.3) is 10.1 Å². The maximum absolute atomic E-state index is 11.9. The monoisotopic (exact) mass is 331 g/mol. The van der Waals surface area contributed by atoms with E-state index in [-0.39, 0.29) is 21.8 Å². The van der Waals surface area contributed by atoms with Crippen molar-refractivity contribution in [3.8, 4) is 0 Å². The van der Waals surface area contributed by atoms with Crippen molar-refractivity contribution in [2.45, 2.75) is 23.7 Å². The van der Waals surface area contributed by atoms with E-state index in [4.69, 9.17) is 22.7 Å².